The smallest absolute Gasteiger partial charge is 0.407 e. The maximum atomic E-state index is 12.8. The summed E-state index contributed by atoms with van der Waals surface area (Å²) in [6.07, 6.45) is 4.21. The van der Waals surface area contributed by atoms with Crippen LogP contribution in [0.1, 0.15) is 71.8 Å². The predicted molar refractivity (Wildman–Crippen MR) is 131 cm³/mol. The van der Waals surface area contributed by atoms with Crippen molar-refractivity contribution in [3.8, 4) is 0 Å². The van der Waals surface area contributed by atoms with Crippen LogP contribution < -0.4 is 10.6 Å². The molecule has 0 spiro atoms. The standard InChI is InChI=1S/C26H42N2O6/c1-6-7-19-33-24(30)22(17-16-20-13-9-8-10-14-20)28-21(23(29)32-5)15-11-12-18-27-25(31)34-26(2,3)4/h8-10,13-14,21-22,28H,6-7,11-12,15-19H2,1-5H3,(H,27,31). The lowest BCUT2D eigenvalue weighted by atomic mass is 10.0. The van der Waals surface area contributed by atoms with Crippen LogP contribution in [0, 0.1) is 0 Å². The van der Waals surface area contributed by atoms with Crippen molar-refractivity contribution in [2.24, 2.45) is 0 Å². The van der Waals surface area contributed by atoms with Gasteiger partial charge in [0.1, 0.15) is 17.7 Å². The molecular weight excluding hydrogens is 436 g/mol. The minimum atomic E-state index is -0.647. The third kappa shape index (κ3) is 13.2. The van der Waals surface area contributed by atoms with E-state index in [1.54, 1.807) is 20.8 Å². The number of hydrogen-bond acceptors (Lipinski definition) is 7. The first-order valence-electron chi connectivity index (χ1n) is 12.2. The number of rotatable bonds is 15. The highest BCUT2D eigenvalue weighted by Crippen LogP contribution is 2.11. The predicted octanol–water partition coefficient (Wildman–Crippen LogP) is 4.16. The normalized spacial score (nSPS) is 13.0. The van der Waals surface area contributed by atoms with Gasteiger partial charge in [0.2, 0.25) is 0 Å². The lowest BCUT2D eigenvalue weighted by Gasteiger charge is -2.23. The van der Waals surface area contributed by atoms with Crippen molar-refractivity contribution in [1.82, 2.24) is 10.6 Å². The van der Waals surface area contributed by atoms with E-state index in [9.17, 15) is 14.4 Å². The number of ether oxygens (including phenoxy) is 3. The van der Waals surface area contributed by atoms with Crippen molar-refractivity contribution in [3.05, 3.63) is 35.9 Å². The van der Waals surface area contributed by atoms with Crippen LogP contribution >= 0.6 is 0 Å². The number of methoxy groups -OCH3 is 1. The van der Waals surface area contributed by atoms with Gasteiger partial charge < -0.3 is 19.5 Å². The topological polar surface area (TPSA) is 103 Å². The average molecular weight is 479 g/mol. The van der Waals surface area contributed by atoms with E-state index < -0.39 is 29.7 Å². The second-order valence-electron chi connectivity index (χ2n) is 9.26. The zero-order valence-electron chi connectivity index (χ0n) is 21.4. The molecule has 0 bridgehead atoms. The van der Waals surface area contributed by atoms with Crippen LogP contribution in [0.5, 0.6) is 0 Å². The van der Waals surface area contributed by atoms with Gasteiger partial charge in [-0.2, -0.15) is 0 Å². The van der Waals surface area contributed by atoms with E-state index in [1.807, 2.05) is 37.3 Å². The van der Waals surface area contributed by atoms with E-state index in [1.165, 1.54) is 7.11 Å². The van der Waals surface area contributed by atoms with Gasteiger partial charge in [0.15, 0.2) is 0 Å². The summed E-state index contributed by atoms with van der Waals surface area (Å²) in [4.78, 5) is 36.9. The van der Waals surface area contributed by atoms with Crippen LogP contribution in [0.25, 0.3) is 0 Å². The molecule has 0 heterocycles. The van der Waals surface area contributed by atoms with Gasteiger partial charge >= 0.3 is 18.0 Å². The van der Waals surface area contributed by atoms with Gasteiger partial charge in [0.25, 0.3) is 0 Å². The molecule has 1 aromatic carbocycles. The van der Waals surface area contributed by atoms with Crippen molar-refractivity contribution < 1.29 is 28.6 Å². The van der Waals surface area contributed by atoms with E-state index in [4.69, 9.17) is 14.2 Å². The highest BCUT2D eigenvalue weighted by Gasteiger charge is 2.27. The van der Waals surface area contributed by atoms with Crippen molar-refractivity contribution in [2.75, 3.05) is 20.3 Å². The number of hydrogen-bond donors (Lipinski definition) is 2. The molecule has 0 aliphatic heterocycles. The number of benzene rings is 1. The summed E-state index contributed by atoms with van der Waals surface area (Å²) in [5.74, 6) is -0.781. The quantitative estimate of drug-likeness (QED) is 0.222. The van der Waals surface area contributed by atoms with Gasteiger partial charge in [-0.1, -0.05) is 43.7 Å². The Morgan fingerprint density at radius 2 is 1.62 bits per heavy atom. The highest BCUT2D eigenvalue weighted by atomic mass is 16.6. The van der Waals surface area contributed by atoms with Crippen LogP contribution in [0.3, 0.4) is 0 Å². The largest absolute Gasteiger partial charge is 0.468 e. The molecule has 0 aliphatic rings. The summed E-state index contributed by atoms with van der Waals surface area (Å²) in [7, 11) is 1.33. The fourth-order valence-electron chi connectivity index (χ4n) is 3.28. The number of carbonyl (C=O) groups excluding carboxylic acids is 3. The number of amides is 1. The minimum Gasteiger partial charge on any atom is -0.468 e. The Morgan fingerprint density at radius 1 is 0.941 bits per heavy atom. The molecule has 2 unspecified atom stereocenters. The van der Waals surface area contributed by atoms with Crippen molar-refractivity contribution in [1.29, 1.82) is 0 Å². The molecule has 192 valence electrons. The molecule has 0 radical (unpaired) electrons. The van der Waals surface area contributed by atoms with Gasteiger partial charge in [0.05, 0.1) is 13.7 Å². The Hall–Kier alpha value is -2.61. The summed E-state index contributed by atoms with van der Waals surface area (Å²) >= 11 is 0. The Balaban J connectivity index is 2.66. The van der Waals surface area contributed by atoms with E-state index in [0.29, 0.717) is 45.3 Å². The molecule has 2 N–H and O–H groups in total. The van der Waals surface area contributed by atoms with Crippen molar-refractivity contribution >= 4 is 18.0 Å². The minimum absolute atomic E-state index is 0.357. The van der Waals surface area contributed by atoms with Gasteiger partial charge in [-0.15, -0.1) is 0 Å². The molecule has 0 aromatic heterocycles. The molecule has 0 saturated heterocycles. The lowest BCUT2D eigenvalue weighted by Crippen LogP contribution is -2.48. The molecule has 1 amide bonds. The maximum absolute atomic E-state index is 12.8. The summed E-state index contributed by atoms with van der Waals surface area (Å²) < 4.78 is 15.6. The van der Waals surface area contributed by atoms with Crippen LogP contribution in [-0.2, 0) is 30.2 Å². The fraction of sp³-hybridized carbons (Fsp3) is 0.654. The molecular formula is C26H42N2O6. The molecule has 0 saturated carbocycles. The van der Waals surface area contributed by atoms with Crippen molar-refractivity contribution in [2.45, 2.75) is 90.3 Å². The number of alkyl carbamates (subject to hydrolysis) is 1. The van der Waals surface area contributed by atoms with Crippen LogP contribution in [-0.4, -0.2) is 56.0 Å². The monoisotopic (exact) mass is 478 g/mol. The van der Waals surface area contributed by atoms with Crippen molar-refractivity contribution in [3.63, 3.8) is 0 Å². The van der Waals surface area contributed by atoms with Gasteiger partial charge in [-0.3, -0.25) is 14.9 Å². The first kappa shape index (κ1) is 29.4. The zero-order valence-corrected chi connectivity index (χ0v) is 21.4. The zero-order chi connectivity index (χ0) is 25.4. The van der Waals surface area contributed by atoms with Gasteiger partial charge in [-0.25, -0.2) is 4.79 Å². The molecule has 2 atom stereocenters. The fourth-order valence-corrected chi connectivity index (χ4v) is 3.28. The number of aryl methyl sites for hydroxylation is 1. The average Bonchev–Trinajstić information content (AvgIpc) is 2.79. The van der Waals surface area contributed by atoms with Gasteiger partial charge in [-0.05, 0) is 64.9 Å². The van der Waals surface area contributed by atoms with Crippen LogP contribution in [0.15, 0.2) is 30.3 Å². The molecule has 8 heteroatoms. The summed E-state index contributed by atoms with van der Waals surface area (Å²) in [5.41, 5.74) is 0.559. The van der Waals surface area contributed by atoms with E-state index in [0.717, 1.165) is 18.4 Å². The SMILES string of the molecule is CCCCOC(=O)C(CCc1ccccc1)NC(CCCCNC(=O)OC(C)(C)C)C(=O)OC. The number of nitrogens with one attached hydrogen (secondary N) is 2. The maximum Gasteiger partial charge on any atom is 0.407 e. The number of carbonyl (C=O) groups is 3. The van der Waals surface area contributed by atoms with Gasteiger partial charge in [0, 0.05) is 6.54 Å². The Bertz CT molecular complexity index is 733. The van der Waals surface area contributed by atoms with E-state index in [-0.39, 0.29) is 5.97 Å². The lowest BCUT2D eigenvalue weighted by molar-refractivity contribution is -0.148. The number of unbranched alkanes of at least 4 members (excludes halogenated alkanes) is 2. The first-order chi connectivity index (χ1) is 16.2. The summed E-state index contributed by atoms with van der Waals surface area (Å²) in [6.45, 7) is 8.24. The first-order valence-corrected chi connectivity index (χ1v) is 12.2. The molecule has 1 rings (SSSR count). The second-order valence-corrected chi connectivity index (χ2v) is 9.26. The third-order valence-electron chi connectivity index (χ3n) is 5.07. The Labute approximate surface area is 204 Å². The summed E-state index contributed by atoms with van der Waals surface area (Å²) in [5, 5.41) is 5.88. The Morgan fingerprint density at radius 3 is 2.24 bits per heavy atom. The Kier molecular flexibility index (Phi) is 13.9. The second kappa shape index (κ2) is 16.1. The van der Waals surface area contributed by atoms with Crippen LogP contribution in [0.2, 0.25) is 0 Å². The molecule has 34 heavy (non-hydrogen) atoms. The van der Waals surface area contributed by atoms with E-state index >= 15 is 0 Å². The number of esters is 2. The molecule has 0 aliphatic carbocycles. The molecule has 0 fully saturated rings. The molecule has 8 nitrogen and oxygen atoms in total. The van der Waals surface area contributed by atoms with E-state index in [2.05, 4.69) is 10.6 Å². The highest BCUT2D eigenvalue weighted by molar-refractivity contribution is 5.79. The third-order valence-corrected chi connectivity index (χ3v) is 5.07. The molecule has 1 aromatic rings. The van der Waals surface area contributed by atoms with Crippen LogP contribution in [0.4, 0.5) is 4.79 Å². The summed E-state index contributed by atoms with van der Waals surface area (Å²) in [6, 6.07) is 8.61.